The molecule has 0 radical (unpaired) electrons. The monoisotopic (exact) mass is 385 g/mol. The fourth-order valence-corrected chi connectivity index (χ4v) is 2.62. The normalized spacial score (nSPS) is 11.8. The molecule has 3 aromatic rings. The molecule has 0 saturated carbocycles. The lowest BCUT2D eigenvalue weighted by atomic mass is 10.1. The maximum Gasteiger partial charge on any atom is 0.150 e. The lowest BCUT2D eigenvalue weighted by Gasteiger charge is -2.15. The number of nitrogens with zero attached hydrogens (tertiary/aromatic N) is 3. The Morgan fingerprint density at radius 2 is 1.82 bits per heavy atom. The molecular weight excluding hydrogens is 364 g/mol. The molecule has 0 aliphatic heterocycles. The molecule has 1 aromatic heterocycles. The number of allylic oxidation sites excluding steroid dienone is 1. The van der Waals surface area contributed by atoms with Crippen LogP contribution in [0.4, 0.5) is 8.78 Å². The number of halogens is 2. The number of hydrogen-bond acceptors (Lipinski definition) is 4. The number of ether oxygens (including phenoxy) is 2. The van der Waals surface area contributed by atoms with E-state index in [2.05, 4.69) is 10.1 Å². The first kappa shape index (κ1) is 19.5. The van der Waals surface area contributed by atoms with Gasteiger partial charge in [-0.3, -0.25) is 0 Å². The van der Waals surface area contributed by atoms with E-state index in [1.54, 1.807) is 6.92 Å². The number of unbranched alkanes of at least 4 members (excludes halogenated alkanes) is 1. The summed E-state index contributed by atoms with van der Waals surface area (Å²) in [6, 6.07) is 13.0. The maximum absolute atomic E-state index is 14.3. The number of benzene rings is 2. The molecule has 28 heavy (non-hydrogen) atoms. The molecule has 0 amide bonds. The van der Waals surface area contributed by atoms with Crippen LogP contribution in [0, 0.1) is 11.6 Å². The minimum Gasteiger partial charge on any atom is -0.494 e. The van der Waals surface area contributed by atoms with Gasteiger partial charge in [0.2, 0.25) is 0 Å². The van der Waals surface area contributed by atoms with Gasteiger partial charge >= 0.3 is 0 Å². The minimum absolute atomic E-state index is 0.176. The molecule has 146 valence electrons. The van der Waals surface area contributed by atoms with Crippen molar-refractivity contribution in [1.82, 2.24) is 14.8 Å². The van der Waals surface area contributed by atoms with Crippen molar-refractivity contribution >= 4 is 11.5 Å². The van der Waals surface area contributed by atoms with Crippen LogP contribution < -0.4 is 4.74 Å². The van der Waals surface area contributed by atoms with Crippen LogP contribution in [-0.4, -0.2) is 28.0 Å². The zero-order valence-corrected chi connectivity index (χ0v) is 15.5. The molecular formula is C21H21F2N3O2. The van der Waals surface area contributed by atoms with Crippen LogP contribution in [0.5, 0.6) is 5.75 Å². The molecule has 0 spiro atoms. The zero-order chi connectivity index (χ0) is 19.8. The van der Waals surface area contributed by atoms with Crippen LogP contribution in [0.25, 0.3) is 11.5 Å². The fraction of sp³-hybridized carbons (Fsp3) is 0.238. The summed E-state index contributed by atoms with van der Waals surface area (Å²) in [7, 11) is 0. The highest BCUT2D eigenvalue weighted by Crippen LogP contribution is 2.26. The Kier molecular flexibility index (Phi) is 6.73. The quantitative estimate of drug-likeness (QED) is 0.393. The van der Waals surface area contributed by atoms with E-state index in [9.17, 15) is 8.78 Å². The molecule has 0 atom stereocenters. The standard InChI is InChI=1S/C21H21F2N3O2/c1-16(26-15-24-14-25-26)21(19-10-9-17(22)13-20(19)23)28-12-6-5-11-27-18-7-3-2-4-8-18/h2-4,7-10,13-15H,5-6,11-12H2,1H3/b21-16-. The smallest absolute Gasteiger partial charge is 0.150 e. The Labute approximate surface area is 162 Å². The summed E-state index contributed by atoms with van der Waals surface area (Å²) in [5, 5.41) is 4.05. The molecule has 0 N–H and O–H groups in total. The second kappa shape index (κ2) is 9.64. The third-order valence-electron chi connectivity index (χ3n) is 4.06. The van der Waals surface area contributed by atoms with Crippen molar-refractivity contribution in [2.75, 3.05) is 13.2 Å². The summed E-state index contributed by atoms with van der Waals surface area (Å²) in [5.74, 6) is -0.217. The van der Waals surface area contributed by atoms with Crippen molar-refractivity contribution in [2.24, 2.45) is 0 Å². The Hall–Kier alpha value is -3.22. The Balaban J connectivity index is 1.63. The van der Waals surface area contributed by atoms with Crippen molar-refractivity contribution in [3.8, 4) is 5.75 Å². The molecule has 1 heterocycles. The second-order valence-electron chi connectivity index (χ2n) is 6.10. The summed E-state index contributed by atoms with van der Waals surface area (Å²) in [4.78, 5) is 3.90. The molecule has 7 heteroatoms. The molecule has 0 fully saturated rings. The lowest BCUT2D eigenvalue weighted by Crippen LogP contribution is -2.06. The van der Waals surface area contributed by atoms with E-state index in [-0.39, 0.29) is 5.56 Å². The van der Waals surface area contributed by atoms with Crippen LogP contribution >= 0.6 is 0 Å². The Morgan fingerprint density at radius 3 is 2.54 bits per heavy atom. The fourth-order valence-electron chi connectivity index (χ4n) is 2.62. The van der Waals surface area contributed by atoms with Gasteiger partial charge in [0.15, 0.2) is 5.76 Å². The topological polar surface area (TPSA) is 49.2 Å². The summed E-state index contributed by atoms with van der Waals surface area (Å²) in [5.41, 5.74) is 0.735. The molecule has 0 bridgehead atoms. The highest BCUT2D eigenvalue weighted by atomic mass is 19.1. The van der Waals surface area contributed by atoms with Gasteiger partial charge in [-0.2, -0.15) is 5.10 Å². The average Bonchev–Trinajstić information content (AvgIpc) is 3.23. The van der Waals surface area contributed by atoms with Crippen LogP contribution in [0.15, 0.2) is 61.2 Å². The Bertz CT molecular complexity index is 913. The molecule has 0 unspecified atom stereocenters. The summed E-state index contributed by atoms with van der Waals surface area (Å²) < 4.78 is 40.6. The van der Waals surface area contributed by atoms with Crippen molar-refractivity contribution in [1.29, 1.82) is 0 Å². The van der Waals surface area contributed by atoms with Crippen molar-refractivity contribution in [3.63, 3.8) is 0 Å². The SMILES string of the molecule is C/C(=C(/OCCCCOc1ccccc1)c1ccc(F)cc1F)n1cncn1. The molecule has 2 aromatic carbocycles. The van der Waals surface area contributed by atoms with E-state index < -0.39 is 11.6 Å². The highest BCUT2D eigenvalue weighted by Gasteiger charge is 2.15. The van der Waals surface area contributed by atoms with Gasteiger partial charge in [0.1, 0.15) is 30.0 Å². The third-order valence-corrected chi connectivity index (χ3v) is 4.06. The van der Waals surface area contributed by atoms with Gasteiger partial charge in [-0.1, -0.05) is 18.2 Å². The van der Waals surface area contributed by atoms with Gasteiger partial charge in [-0.15, -0.1) is 0 Å². The van der Waals surface area contributed by atoms with Gasteiger partial charge in [0.25, 0.3) is 0 Å². The predicted octanol–water partition coefficient (Wildman–Crippen LogP) is 4.78. The van der Waals surface area contributed by atoms with E-state index in [0.29, 0.717) is 31.1 Å². The largest absolute Gasteiger partial charge is 0.494 e. The molecule has 3 rings (SSSR count). The minimum atomic E-state index is -0.693. The number of rotatable bonds is 9. The van der Waals surface area contributed by atoms with Crippen LogP contribution in [0.1, 0.15) is 25.3 Å². The van der Waals surface area contributed by atoms with Crippen molar-refractivity contribution in [3.05, 3.63) is 78.4 Å². The maximum atomic E-state index is 14.3. The lowest BCUT2D eigenvalue weighted by molar-refractivity contribution is 0.243. The van der Waals surface area contributed by atoms with E-state index >= 15 is 0 Å². The van der Waals surface area contributed by atoms with Crippen molar-refractivity contribution < 1.29 is 18.3 Å². The molecule has 0 saturated heterocycles. The predicted molar refractivity (Wildman–Crippen MR) is 102 cm³/mol. The molecule has 5 nitrogen and oxygen atoms in total. The van der Waals surface area contributed by atoms with Gasteiger partial charge in [-0.25, -0.2) is 18.4 Å². The molecule has 0 aliphatic carbocycles. The van der Waals surface area contributed by atoms with E-state index in [1.165, 1.54) is 29.5 Å². The first-order valence-corrected chi connectivity index (χ1v) is 8.97. The van der Waals surface area contributed by atoms with E-state index in [0.717, 1.165) is 18.2 Å². The van der Waals surface area contributed by atoms with Gasteiger partial charge in [0.05, 0.1) is 24.5 Å². The van der Waals surface area contributed by atoms with E-state index in [4.69, 9.17) is 9.47 Å². The summed E-state index contributed by atoms with van der Waals surface area (Å²) in [6.45, 7) is 2.65. The van der Waals surface area contributed by atoms with Crippen LogP contribution in [0.3, 0.4) is 0 Å². The van der Waals surface area contributed by atoms with Crippen LogP contribution in [0.2, 0.25) is 0 Å². The number of aromatic nitrogens is 3. The van der Waals surface area contributed by atoms with Gasteiger partial charge in [0, 0.05) is 6.07 Å². The van der Waals surface area contributed by atoms with Gasteiger partial charge < -0.3 is 9.47 Å². The summed E-state index contributed by atoms with van der Waals surface area (Å²) in [6.07, 6.45) is 4.36. The van der Waals surface area contributed by atoms with Crippen LogP contribution in [-0.2, 0) is 4.74 Å². The first-order valence-electron chi connectivity index (χ1n) is 8.97. The van der Waals surface area contributed by atoms with Gasteiger partial charge in [-0.05, 0) is 44.0 Å². The number of para-hydroxylation sites is 1. The average molecular weight is 385 g/mol. The first-order chi connectivity index (χ1) is 13.6. The third kappa shape index (κ3) is 5.16. The zero-order valence-electron chi connectivity index (χ0n) is 15.5. The van der Waals surface area contributed by atoms with Crippen molar-refractivity contribution in [2.45, 2.75) is 19.8 Å². The Morgan fingerprint density at radius 1 is 1.04 bits per heavy atom. The summed E-state index contributed by atoms with van der Waals surface area (Å²) >= 11 is 0. The number of hydrogen-bond donors (Lipinski definition) is 0. The van der Waals surface area contributed by atoms with E-state index in [1.807, 2.05) is 30.3 Å². The second-order valence-corrected chi connectivity index (χ2v) is 6.10. The molecule has 0 aliphatic rings. The highest BCUT2D eigenvalue weighted by molar-refractivity contribution is 5.77.